The minimum absolute atomic E-state index is 0.0951. The molecule has 0 saturated carbocycles. The van der Waals surface area contributed by atoms with Gasteiger partial charge in [-0.1, -0.05) is 48.5 Å². The monoisotopic (exact) mass is 334 g/mol. The second kappa shape index (κ2) is 7.84. The van der Waals surface area contributed by atoms with Crippen molar-refractivity contribution in [2.24, 2.45) is 0 Å². The van der Waals surface area contributed by atoms with Gasteiger partial charge in [-0.3, -0.25) is 4.79 Å². The lowest BCUT2D eigenvalue weighted by molar-refractivity contribution is 0.0989. The van der Waals surface area contributed by atoms with Crippen LogP contribution >= 0.6 is 11.8 Å². The van der Waals surface area contributed by atoms with Crippen molar-refractivity contribution in [2.45, 2.75) is 10.1 Å². The van der Waals surface area contributed by atoms with E-state index in [2.05, 4.69) is 0 Å². The maximum Gasteiger partial charge on any atom is 0.180 e. The fourth-order valence-electron chi connectivity index (χ4n) is 2.44. The Bertz CT molecular complexity index is 783. The van der Waals surface area contributed by atoms with Crippen LogP contribution in [0.15, 0.2) is 89.8 Å². The number of methoxy groups -OCH3 is 1. The Hall–Kier alpha value is -2.52. The highest BCUT2D eigenvalue weighted by Gasteiger charge is 2.23. The molecule has 0 aliphatic heterocycles. The van der Waals surface area contributed by atoms with E-state index in [0.717, 1.165) is 16.2 Å². The van der Waals surface area contributed by atoms with Crippen LogP contribution in [0.1, 0.15) is 21.2 Å². The van der Waals surface area contributed by atoms with Crippen LogP contribution in [0.25, 0.3) is 0 Å². The van der Waals surface area contributed by atoms with Crippen molar-refractivity contribution < 1.29 is 9.53 Å². The van der Waals surface area contributed by atoms with E-state index in [0.29, 0.717) is 5.56 Å². The molecule has 0 radical (unpaired) electrons. The molecular formula is C21H18O2S. The van der Waals surface area contributed by atoms with Crippen molar-refractivity contribution in [1.29, 1.82) is 0 Å². The number of ketones is 1. The minimum atomic E-state index is -0.276. The fraction of sp³-hybridized carbons (Fsp3) is 0.0952. The van der Waals surface area contributed by atoms with E-state index >= 15 is 0 Å². The Morgan fingerprint density at radius 2 is 1.42 bits per heavy atom. The quantitative estimate of drug-likeness (QED) is 0.445. The summed E-state index contributed by atoms with van der Waals surface area (Å²) >= 11 is 1.57. The molecule has 120 valence electrons. The zero-order valence-corrected chi connectivity index (χ0v) is 14.2. The molecule has 0 spiro atoms. The summed E-state index contributed by atoms with van der Waals surface area (Å²) in [7, 11) is 1.62. The summed E-state index contributed by atoms with van der Waals surface area (Å²) in [6.45, 7) is 0. The second-order valence-electron chi connectivity index (χ2n) is 5.31. The summed E-state index contributed by atoms with van der Waals surface area (Å²) in [5.41, 5.74) is 1.69. The van der Waals surface area contributed by atoms with E-state index in [-0.39, 0.29) is 11.0 Å². The third-order valence-electron chi connectivity index (χ3n) is 3.71. The van der Waals surface area contributed by atoms with Crippen LogP contribution in [0.2, 0.25) is 0 Å². The molecule has 3 heteroatoms. The number of Topliss-reactive ketones (excluding diaryl/α,β-unsaturated/α-hetero) is 1. The molecule has 2 nitrogen and oxygen atoms in total. The van der Waals surface area contributed by atoms with Crippen molar-refractivity contribution in [3.05, 3.63) is 96.1 Å². The molecule has 3 aromatic rings. The van der Waals surface area contributed by atoms with Crippen molar-refractivity contribution in [1.82, 2.24) is 0 Å². The number of carbonyl (C=O) groups is 1. The predicted octanol–water partition coefficient (Wildman–Crippen LogP) is 5.41. The standard InChI is InChI=1S/C21H18O2S/c1-23-18-14-12-16(13-15-18)20(22)21(17-8-4-2-5-9-17)24-19-10-6-3-7-11-19/h2-15,21H,1H3. The largest absolute Gasteiger partial charge is 0.497 e. The van der Waals surface area contributed by atoms with Crippen molar-refractivity contribution in [3.63, 3.8) is 0 Å². The number of ether oxygens (including phenoxy) is 1. The normalized spacial score (nSPS) is 11.7. The first kappa shape index (κ1) is 16.3. The van der Waals surface area contributed by atoms with Crippen LogP contribution in [0, 0.1) is 0 Å². The van der Waals surface area contributed by atoms with Crippen molar-refractivity contribution >= 4 is 17.5 Å². The van der Waals surface area contributed by atoms with Gasteiger partial charge < -0.3 is 4.74 Å². The smallest absolute Gasteiger partial charge is 0.180 e. The topological polar surface area (TPSA) is 26.3 Å². The molecule has 0 fully saturated rings. The Labute approximate surface area is 146 Å². The molecule has 0 aromatic heterocycles. The molecule has 24 heavy (non-hydrogen) atoms. The SMILES string of the molecule is COc1ccc(C(=O)C(Sc2ccccc2)c2ccccc2)cc1. The van der Waals surface area contributed by atoms with E-state index in [1.165, 1.54) is 0 Å². The maximum atomic E-state index is 13.1. The molecular weight excluding hydrogens is 316 g/mol. The highest BCUT2D eigenvalue weighted by atomic mass is 32.2. The second-order valence-corrected chi connectivity index (χ2v) is 6.49. The van der Waals surface area contributed by atoms with E-state index in [1.807, 2.05) is 84.9 Å². The van der Waals surface area contributed by atoms with Gasteiger partial charge in [0.2, 0.25) is 0 Å². The zero-order valence-electron chi connectivity index (χ0n) is 13.4. The molecule has 0 bridgehead atoms. The summed E-state index contributed by atoms with van der Waals surface area (Å²) in [6.07, 6.45) is 0. The van der Waals surface area contributed by atoms with Crippen molar-refractivity contribution in [3.8, 4) is 5.75 Å². The lowest BCUT2D eigenvalue weighted by Gasteiger charge is -2.16. The first-order chi connectivity index (χ1) is 11.8. The number of thioether (sulfide) groups is 1. The summed E-state index contributed by atoms with van der Waals surface area (Å²) in [5.74, 6) is 0.844. The van der Waals surface area contributed by atoms with Crippen molar-refractivity contribution in [2.75, 3.05) is 7.11 Å². The Balaban J connectivity index is 1.92. The average molecular weight is 334 g/mol. The lowest BCUT2D eigenvalue weighted by atomic mass is 10.0. The van der Waals surface area contributed by atoms with Crippen LogP contribution in [0.4, 0.5) is 0 Å². The zero-order chi connectivity index (χ0) is 16.8. The molecule has 3 aromatic carbocycles. The predicted molar refractivity (Wildman–Crippen MR) is 98.8 cm³/mol. The summed E-state index contributed by atoms with van der Waals surface area (Å²) < 4.78 is 5.17. The molecule has 0 heterocycles. The first-order valence-corrected chi connectivity index (χ1v) is 8.61. The highest BCUT2D eigenvalue weighted by molar-refractivity contribution is 8.00. The number of hydrogen-bond acceptors (Lipinski definition) is 3. The molecule has 0 aliphatic rings. The first-order valence-electron chi connectivity index (χ1n) is 7.73. The van der Waals surface area contributed by atoms with Gasteiger partial charge in [0.05, 0.1) is 12.4 Å². The van der Waals surface area contributed by atoms with Crippen LogP contribution in [-0.2, 0) is 0 Å². The van der Waals surface area contributed by atoms with Crippen LogP contribution in [0.5, 0.6) is 5.75 Å². The average Bonchev–Trinajstić information content (AvgIpc) is 2.67. The molecule has 0 amide bonds. The van der Waals surface area contributed by atoms with Crippen LogP contribution < -0.4 is 4.74 Å². The van der Waals surface area contributed by atoms with Crippen LogP contribution in [0.3, 0.4) is 0 Å². The van der Waals surface area contributed by atoms with Gasteiger partial charge in [-0.2, -0.15) is 0 Å². The number of rotatable bonds is 6. The third-order valence-corrected chi connectivity index (χ3v) is 4.98. The Morgan fingerprint density at radius 3 is 2.00 bits per heavy atom. The number of hydrogen-bond donors (Lipinski definition) is 0. The minimum Gasteiger partial charge on any atom is -0.497 e. The van der Waals surface area contributed by atoms with E-state index < -0.39 is 0 Å². The van der Waals surface area contributed by atoms with Gasteiger partial charge in [0.15, 0.2) is 5.78 Å². The lowest BCUT2D eigenvalue weighted by Crippen LogP contribution is -2.10. The summed E-state index contributed by atoms with van der Waals surface area (Å²) in [4.78, 5) is 14.2. The molecule has 0 saturated heterocycles. The fourth-order valence-corrected chi connectivity index (χ4v) is 3.57. The molecule has 3 rings (SSSR count). The molecule has 0 aliphatic carbocycles. The summed E-state index contributed by atoms with van der Waals surface area (Å²) in [6, 6.07) is 27.2. The molecule has 1 unspecified atom stereocenters. The molecule has 1 atom stereocenters. The van der Waals surface area contributed by atoms with E-state index in [4.69, 9.17) is 4.74 Å². The molecule has 0 N–H and O–H groups in total. The highest BCUT2D eigenvalue weighted by Crippen LogP contribution is 2.37. The maximum absolute atomic E-state index is 13.1. The Kier molecular flexibility index (Phi) is 5.34. The van der Waals surface area contributed by atoms with Gasteiger partial charge in [0, 0.05) is 10.5 Å². The van der Waals surface area contributed by atoms with Crippen LogP contribution in [-0.4, -0.2) is 12.9 Å². The van der Waals surface area contributed by atoms with Gasteiger partial charge >= 0.3 is 0 Å². The van der Waals surface area contributed by atoms with E-state index in [1.54, 1.807) is 18.9 Å². The third kappa shape index (κ3) is 3.87. The number of benzene rings is 3. The van der Waals surface area contributed by atoms with Gasteiger partial charge in [-0.25, -0.2) is 0 Å². The number of carbonyl (C=O) groups excluding carboxylic acids is 1. The van der Waals surface area contributed by atoms with E-state index in [9.17, 15) is 4.79 Å². The Morgan fingerprint density at radius 1 is 0.833 bits per heavy atom. The van der Waals surface area contributed by atoms with Gasteiger partial charge in [0.1, 0.15) is 5.75 Å². The summed E-state index contributed by atoms with van der Waals surface area (Å²) in [5, 5.41) is -0.276. The van der Waals surface area contributed by atoms with Gasteiger partial charge in [-0.15, -0.1) is 11.8 Å². The van der Waals surface area contributed by atoms with Gasteiger partial charge in [0.25, 0.3) is 0 Å². The van der Waals surface area contributed by atoms with Gasteiger partial charge in [-0.05, 0) is 42.0 Å².